The maximum atomic E-state index is 11.3. The molecule has 1 aromatic carbocycles. The largest absolute Gasteiger partial charge is 0.478 e. The van der Waals surface area contributed by atoms with Crippen molar-refractivity contribution in [3.05, 3.63) is 47.7 Å². The molecule has 1 aromatic heterocycles. The number of nitrogens with zero attached hydrogens (tertiary/aromatic N) is 1. The van der Waals surface area contributed by atoms with Gasteiger partial charge in [-0.2, -0.15) is 0 Å². The van der Waals surface area contributed by atoms with Crippen LogP contribution < -0.4 is 4.74 Å². The van der Waals surface area contributed by atoms with E-state index in [0.29, 0.717) is 11.4 Å². The molecule has 1 heterocycles. The van der Waals surface area contributed by atoms with Gasteiger partial charge in [-0.1, -0.05) is 0 Å². The van der Waals surface area contributed by atoms with Crippen LogP contribution in [0.4, 0.5) is 0 Å². The van der Waals surface area contributed by atoms with Crippen LogP contribution in [0, 0.1) is 6.92 Å². The minimum atomic E-state index is -3.25. The Morgan fingerprint density at radius 3 is 2.24 bits per heavy atom. The highest BCUT2D eigenvalue weighted by Gasteiger charge is 2.10. The smallest absolute Gasteiger partial charge is 0.337 e. The van der Waals surface area contributed by atoms with Crippen LogP contribution in [0.1, 0.15) is 16.1 Å². The van der Waals surface area contributed by atoms with E-state index in [1.54, 1.807) is 6.92 Å². The van der Waals surface area contributed by atoms with Gasteiger partial charge >= 0.3 is 5.97 Å². The van der Waals surface area contributed by atoms with Crippen molar-refractivity contribution >= 4 is 15.8 Å². The Kier molecular flexibility index (Phi) is 3.95. The molecule has 21 heavy (non-hydrogen) atoms. The van der Waals surface area contributed by atoms with Crippen molar-refractivity contribution < 1.29 is 23.1 Å². The van der Waals surface area contributed by atoms with Gasteiger partial charge in [0.05, 0.1) is 16.2 Å². The number of carboxylic acid groups (broad SMARTS) is 1. The molecule has 0 aliphatic heterocycles. The van der Waals surface area contributed by atoms with Gasteiger partial charge in [-0.25, -0.2) is 18.2 Å². The number of benzene rings is 1. The zero-order valence-electron chi connectivity index (χ0n) is 11.4. The second-order valence-electron chi connectivity index (χ2n) is 4.43. The predicted molar refractivity (Wildman–Crippen MR) is 75.6 cm³/mol. The van der Waals surface area contributed by atoms with E-state index in [2.05, 4.69) is 4.98 Å². The first-order valence-corrected chi connectivity index (χ1v) is 7.85. The first kappa shape index (κ1) is 15.0. The average Bonchev–Trinajstić information content (AvgIpc) is 2.38. The van der Waals surface area contributed by atoms with Crippen molar-refractivity contribution in [1.82, 2.24) is 4.98 Å². The van der Waals surface area contributed by atoms with Crippen molar-refractivity contribution in [3.63, 3.8) is 0 Å². The number of ether oxygens (including phenoxy) is 1. The first-order chi connectivity index (χ1) is 9.77. The quantitative estimate of drug-likeness (QED) is 0.931. The monoisotopic (exact) mass is 307 g/mol. The molecule has 0 bridgehead atoms. The average molecular weight is 307 g/mol. The molecule has 1 N–H and O–H groups in total. The van der Waals surface area contributed by atoms with Crippen LogP contribution in [0.2, 0.25) is 0 Å². The molecule has 0 fully saturated rings. The summed E-state index contributed by atoms with van der Waals surface area (Å²) in [6, 6.07) is 8.75. The Labute approximate surface area is 121 Å². The second-order valence-corrected chi connectivity index (χ2v) is 6.45. The fourth-order valence-corrected chi connectivity index (χ4v) is 2.33. The summed E-state index contributed by atoms with van der Waals surface area (Å²) in [5, 5.41) is 8.92. The van der Waals surface area contributed by atoms with Crippen LogP contribution in [0.3, 0.4) is 0 Å². The Balaban J connectivity index is 2.23. The van der Waals surface area contributed by atoms with Gasteiger partial charge in [0.25, 0.3) is 0 Å². The number of carbonyl (C=O) groups is 1. The molecule has 2 aromatic rings. The van der Waals surface area contributed by atoms with E-state index < -0.39 is 15.8 Å². The molecule has 110 valence electrons. The van der Waals surface area contributed by atoms with Crippen molar-refractivity contribution in [2.45, 2.75) is 11.8 Å². The van der Waals surface area contributed by atoms with Crippen LogP contribution in [-0.2, 0) is 9.84 Å². The zero-order chi connectivity index (χ0) is 15.6. The third-order valence-corrected chi connectivity index (χ3v) is 3.89. The zero-order valence-corrected chi connectivity index (χ0v) is 12.2. The number of rotatable bonds is 4. The first-order valence-electron chi connectivity index (χ1n) is 5.96. The van der Waals surface area contributed by atoms with Gasteiger partial charge in [0.1, 0.15) is 5.75 Å². The minimum Gasteiger partial charge on any atom is -0.478 e. The van der Waals surface area contributed by atoms with E-state index in [1.165, 1.54) is 36.4 Å². The van der Waals surface area contributed by atoms with Crippen molar-refractivity contribution in [2.24, 2.45) is 0 Å². The molecule has 6 nitrogen and oxygen atoms in total. The normalized spacial score (nSPS) is 11.1. The topological polar surface area (TPSA) is 93.6 Å². The lowest BCUT2D eigenvalue weighted by Gasteiger charge is -2.07. The molecular formula is C14H13NO5S. The Bertz CT molecular complexity index is 782. The molecule has 0 aliphatic carbocycles. The number of sulfone groups is 1. The van der Waals surface area contributed by atoms with Crippen LogP contribution in [0.25, 0.3) is 0 Å². The van der Waals surface area contributed by atoms with E-state index in [9.17, 15) is 13.2 Å². The highest BCUT2D eigenvalue weighted by molar-refractivity contribution is 7.90. The van der Waals surface area contributed by atoms with Gasteiger partial charge in [-0.05, 0) is 37.3 Å². The van der Waals surface area contributed by atoms with E-state index in [1.807, 2.05) is 0 Å². The molecule has 0 atom stereocenters. The number of aromatic carboxylic acids is 1. The number of hydrogen-bond acceptors (Lipinski definition) is 5. The fourth-order valence-electron chi connectivity index (χ4n) is 1.70. The molecule has 2 rings (SSSR count). The Hall–Kier alpha value is -2.41. The molecule has 0 amide bonds. The summed E-state index contributed by atoms with van der Waals surface area (Å²) >= 11 is 0. The van der Waals surface area contributed by atoms with Crippen molar-refractivity contribution in [3.8, 4) is 11.6 Å². The van der Waals surface area contributed by atoms with Gasteiger partial charge in [0.2, 0.25) is 5.88 Å². The summed E-state index contributed by atoms with van der Waals surface area (Å²) < 4.78 is 28.1. The molecule has 0 unspecified atom stereocenters. The lowest BCUT2D eigenvalue weighted by molar-refractivity contribution is 0.0695. The third kappa shape index (κ3) is 3.57. The highest BCUT2D eigenvalue weighted by atomic mass is 32.2. The number of pyridine rings is 1. The predicted octanol–water partition coefficient (Wildman–Crippen LogP) is 2.28. The number of hydrogen-bond donors (Lipinski definition) is 1. The standard InChI is InChI=1S/C14H13NO5S/c1-9-12(14(16)17)7-8-13(15-9)20-10-3-5-11(6-4-10)21(2,18)19/h3-8H,1-2H3,(H,16,17). The summed E-state index contributed by atoms with van der Waals surface area (Å²) in [6.07, 6.45) is 1.12. The van der Waals surface area contributed by atoms with Crippen LogP contribution in [0.5, 0.6) is 11.6 Å². The number of aryl methyl sites for hydroxylation is 1. The van der Waals surface area contributed by atoms with Gasteiger partial charge in [0, 0.05) is 12.3 Å². The molecule has 0 radical (unpaired) electrons. The lowest BCUT2D eigenvalue weighted by Crippen LogP contribution is -2.02. The molecule has 0 spiro atoms. The molecule has 0 saturated carbocycles. The summed E-state index contributed by atoms with van der Waals surface area (Å²) in [4.78, 5) is 15.1. The second kappa shape index (κ2) is 5.53. The van der Waals surface area contributed by atoms with Crippen molar-refractivity contribution in [2.75, 3.05) is 6.26 Å². The molecule has 0 saturated heterocycles. The fraction of sp³-hybridized carbons (Fsp3) is 0.143. The minimum absolute atomic E-state index is 0.106. The summed E-state index contributed by atoms with van der Waals surface area (Å²) in [6.45, 7) is 1.57. The van der Waals surface area contributed by atoms with Crippen LogP contribution in [-0.4, -0.2) is 30.7 Å². The maximum absolute atomic E-state index is 11.3. The highest BCUT2D eigenvalue weighted by Crippen LogP contribution is 2.22. The Morgan fingerprint density at radius 2 is 1.76 bits per heavy atom. The molecular weight excluding hydrogens is 294 g/mol. The molecule has 7 heteroatoms. The summed E-state index contributed by atoms with van der Waals surface area (Å²) in [5.74, 6) is -0.397. The van der Waals surface area contributed by atoms with Gasteiger partial charge in [-0.3, -0.25) is 0 Å². The summed E-state index contributed by atoms with van der Waals surface area (Å²) in [7, 11) is -3.25. The van der Waals surface area contributed by atoms with E-state index in [4.69, 9.17) is 9.84 Å². The van der Waals surface area contributed by atoms with E-state index in [0.717, 1.165) is 6.26 Å². The van der Waals surface area contributed by atoms with Gasteiger partial charge in [-0.15, -0.1) is 0 Å². The molecule has 0 aliphatic rings. The third-order valence-electron chi connectivity index (χ3n) is 2.76. The van der Waals surface area contributed by atoms with Crippen LogP contribution in [0.15, 0.2) is 41.3 Å². The van der Waals surface area contributed by atoms with Gasteiger partial charge < -0.3 is 9.84 Å². The van der Waals surface area contributed by atoms with E-state index in [-0.39, 0.29) is 16.3 Å². The number of aromatic nitrogens is 1. The summed E-state index contributed by atoms with van der Waals surface area (Å²) in [5.41, 5.74) is 0.447. The Morgan fingerprint density at radius 1 is 1.14 bits per heavy atom. The maximum Gasteiger partial charge on any atom is 0.337 e. The van der Waals surface area contributed by atoms with E-state index >= 15 is 0 Å². The van der Waals surface area contributed by atoms with Crippen LogP contribution >= 0.6 is 0 Å². The van der Waals surface area contributed by atoms with Gasteiger partial charge in [0.15, 0.2) is 9.84 Å². The lowest BCUT2D eigenvalue weighted by atomic mass is 10.2. The number of carboxylic acids is 1. The SMILES string of the molecule is Cc1nc(Oc2ccc(S(C)(=O)=O)cc2)ccc1C(=O)O. The van der Waals surface area contributed by atoms with Crippen molar-refractivity contribution in [1.29, 1.82) is 0 Å².